The zero-order valence-electron chi connectivity index (χ0n) is 9.66. The maximum atomic E-state index is 13.7. The van der Waals surface area contributed by atoms with Crippen molar-refractivity contribution in [1.29, 1.82) is 0 Å². The van der Waals surface area contributed by atoms with E-state index in [1.54, 1.807) is 19.9 Å². The Morgan fingerprint density at radius 1 is 1.47 bits per heavy atom. The summed E-state index contributed by atoms with van der Waals surface area (Å²) >= 11 is 1.45. The standard InChI is InChI=1S/C13H13FO2S/c1-13(2,12(15)16)6-8-7-17-10-5-3-4-9(14)11(8)10/h3-5,7H,6H2,1-2H3,(H,15,16). The maximum absolute atomic E-state index is 13.7. The van der Waals surface area contributed by atoms with E-state index >= 15 is 0 Å². The first kappa shape index (κ1) is 12.0. The predicted octanol–water partition coefficient (Wildman–Crippen LogP) is 3.69. The quantitative estimate of drug-likeness (QED) is 0.904. The molecule has 0 amide bonds. The molecule has 1 aromatic heterocycles. The van der Waals surface area contributed by atoms with Crippen molar-refractivity contribution in [1.82, 2.24) is 0 Å². The Hall–Kier alpha value is -1.42. The minimum atomic E-state index is -0.879. The summed E-state index contributed by atoms with van der Waals surface area (Å²) in [6.45, 7) is 3.30. The molecule has 0 atom stereocenters. The van der Waals surface area contributed by atoms with Gasteiger partial charge in [-0.3, -0.25) is 4.79 Å². The van der Waals surface area contributed by atoms with Crippen molar-refractivity contribution >= 4 is 27.4 Å². The third kappa shape index (κ3) is 2.17. The van der Waals surface area contributed by atoms with Gasteiger partial charge in [-0.1, -0.05) is 6.07 Å². The van der Waals surface area contributed by atoms with Crippen LogP contribution >= 0.6 is 11.3 Å². The van der Waals surface area contributed by atoms with Crippen molar-refractivity contribution in [2.24, 2.45) is 5.41 Å². The van der Waals surface area contributed by atoms with Gasteiger partial charge in [0.25, 0.3) is 0 Å². The number of benzene rings is 1. The molecule has 1 heterocycles. The highest BCUT2D eigenvalue weighted by Gasteiger charge is 2.28. The van der Waals surface area contributed by atoms with Crippen LogP contribution in [0.4, 0.5) is 4.39 Å². The second-order valence-electron chi connectivity index (χ2n) is 4.74. The summed E-state index contributed by atoms with van der Waals surface area (Å²) in [7, 11) is 0. The molecule has 4 heteroatoms. The summed E-state index contributed by atoms with van der Waals surface area (Å²) in [5.41, 5.74) is -0.105. The Morgan fingerprint density at radius 3 is 2.82 bits per heavy atom. The topological polar surface area (TPSA) is 37.3 Å². The molecule has 1 aromatic carbocycles. The van der Waals surface area contributed by atoms with Crippen LogP contribution in [0.2, 0.25) is 0 Å². The number of hydrogen-bond donors (Lipinski definition) is 1. The maximum Gasteiger partial charge on any atom is 0.309 e. The summed E-state index contributed by atoms with van der Waals surface area (Å²) in [6.07, 6.45) is 0.337. The lowest BCUT2D eigenvalue weighted by atomic mass is 9.86. The molecule has 0 bridgehead atoms. The van der Waals surface area contributed by atoms with Crippen LogP contribution in [0.1, 0.15) is 19.4 Å². The summed E-state index contributed by atoms with van der Waals surface area (Å²) in [5, 5.41) is 11.5. The third-order valence-corrected chi connectivity index (χ3v) is 3.83. The third-order valence-electron chi connectivity index (χ3n) is 2.84. The van der Waals surface area contributed by atoms with Gasteiger partial charge in [0, 0.05) is 10.1 Å². The zero-order chi connectivity index (χ0) is 12.6. The molecule has 17 heavy (non-hydrogen) atoms. The lowest BCUT2D eigenvalue weighted by Crippen LogP contribution is -2.26. The van der Waals surface area contributed by atoms with Gasteiger partial charge in [0.05, 0.1) is 5.41 Å². The number of carboxylic acid groups (broad SMARTS) is 1. The SMILES string of the molecule is CC(C)(Cc1csc2cccc(F)c12)C(=O)O. The second-order valence-corrected chi connectivity index (χ2v) is 5.65. The van der Waals surface area contributed by atoms with Gasteiger partial charge < -0.3 is 5.11 Å². The van der Waals surface area contributed by atoms with Crippen LogP contribution < -0.4 is 0 Å². The Labute approximate surface area is 103 Å². The van der Waals surface area contributed by atoms with Gasteiger partial charge in [-0.2, -0.15) is 0 Å². The van der Waals surface area contributed by atoms with E-state index in [0.29, 0.717) is 11.8 Å². The van der Waals surface area contributed by atoms with Crippen molar-refractivity contribution in [2.75, 3.05) is 0 Å². The van der Waals surface area contributed by atoms with Gasteiger partial charge in [-0.15, -0.1) is 11.3 Å². The minimum absolute atomic E-state index is 0.278. The fourth-order valence-electron chi connectivity index (χ4n) is 1.79. The first-order chi connectivity index (χ1) is 7.92. The summed E-state index contributed by atoms with van der Waals surface area (Å²) in [6, 6.07) is 4.92. The first-order valence-electron chi connectivity index (χ1n) is 5.30. The van der Waals surface area contributed by atoms with E-state index < -0.39 is 11.4 Å². The molecule has 90 valence electrons. The van der Waals surface area contributed by atoms with Gasteiger partial charge in [-0.05, 0) is 43.3 Å². The molecular weight excluding hydrogens is 239 g/mol. The van der Waals surface area contributed by atoms with Crippen molar-refractivity contribution in [2.45, 2.75) is 20.3 Å². The van der Waals surface area contributed by atoms with E-state index in [1.807, 2.05) is 11.4 Å². The average molecular weight is 252 g/mol. The van der Waals surface area contributed by atoms with Crippen molar-refractivity contribution in [3.8, 4) is 0 Å². The van der Waals surface area contributed by atoms with Gasteiger partial charge in [-0.25, -0.2) is 4.39 Å². The molecule has 0 radical (unpaired) electrons. The first-order valence-corrected chi connectivity index (χ1v) is 6.18. The second kappa shape index (κ2) is 4.11. The summed E-state index contributed by atoms with van der Waals surface area (Å²) < 4.78 is 14.6. The predicted molar refractivity (Wildman–Crippen MR) is 66.9 cm³/mol. The highest BCUT2D eigenvalue weighted by atomic mass is 32.1. The van der Waals surface area contributed by atoms with Crippen LogP contribution in [0.5, 0.6) is 0 Å². The van der Waals surface area contributed by atoms with Crippen LogP contribution in [-0.2, 0) is 11.2 Å². The van der Waals surface area contributed by atoms with Crippen molar-refractivity contribution in [3.05, 3.63) is 35.0 Å². The van der Waals surface area contributed by atoms with Gasteiger partial charge in [0.1, 0.15) is 5.82 Å². The number of carbonyl (C=O) groups is 1. The smallest absolute Gasteiger partial charge is 0.309 e. The number of carboxylic acids is 1. The Morgan fingerprint density at radius 2 is 2.18 bits per heavy atom. The number of fused-ring (bicyclic) bond motifs is 1. The average Bonchev–Trinajstić information content (AvgIpc) is 2.62. The van der Waals surface area contributed by atoms with Crippen LogP contribution in [0.3, 0.4) is 0 Å². The highest BCUT2D eigenvalue weighted by Crippen LogP contribution is 2.33. The molecule has 0 saturated carbocycles. The number of aliphatic carboxylic acids is 1. The molecule has 1 N–H and O–H groups in total. The van der Waals surface area contributed by atoms with Gasteiger partial charge in [0.15, 0.2) is 0 Å². The number of halogens is 1. The normalized spacial score (nSPS) is 11.9. The lowest BCUT2D eigenvalue weighted by molar-refractivity contribution is -0.146. The van der Waals surface area contributed by atoms with E-state index in [9.17, 15) is 9.18 Å². The van der Waals surface area contributed by atoms with Crippen LogP contribution in [0.25, 0.3) is 10.1 Å². The van der Waals surface area contributed by atoms with Gasteiger partial charge >= 0.3 is 5.97 Å². The largest absolute Gasteiger partial charge is 0.481 e. The van der Waals surface area contributed by atoms with E-state index in [-0.39, 0.29) is 5.82 Å². The molecule has 2 nitrogen and oxygen atoms in total. The van der Waals surface area contributed by atoms with E-state index in [4.69, 9.17) is 5.11 Å². The summed E-state index contributed by atoms with van der Waals surface area (Å²) in [5.74, 6) is -1.15. The lowest BCUT2D eigenvalue weighted by Gasteiger charge is -2.18. The fraction of sp³-hybridized carbons (Fsp3) is 0.308. The molecule has 2 rings (SSSR count). The molecule has 0 aliphatic heterocycles. The fourth-order valence-corrected chi connectivity index (χ4v) is 2.76. The van der Waals surface area contributed by atoms with Crippen LogP contribution in [0, 0.1) is 11.2 Å². The van der Waals surface area contributed by atoms with E-state index in [0.717, 1.165) is 10.3 Å². The molecular formula is C13H13FO2S. The Balaban J connectivity index is 2.47. The molecule has 0 aliphatic rings. The van der Waals surface area contributed by atoms with E-state index in [2.05, 4.69) is 0 Å². The van der Waals surface area contributed by atoms with Crippen molar-refractivity contribution in [3.63, 3.8) is 0 Å². The molecule has 0 aliphatic carbocycles. The zero-order valence-corrected chi connectivity index (χ0v) is 10.5. The monoisotopic (exact) mass is 252 g/mol. The molecule has 0 spiro atoms. The van der Waals surface area contributed by atoms with E-state index in [1.165, 1.54) is 17.4 Å². The number of thiophene rings is 1. The van der Waals surface area contributed by atoms with Crippen molar-refractivity contribution < 1.29 is 14.3 Å². The van der Waals surface area contributed by atoms with Crippen LogP contribution in [0.15, 0.2) is 23.6 Å². The Bertz CT molecular complexity index is 572. The number of hydrogen-bond acceptors (Lipinski definition) is 2. The van der Waals surface area contributed by atoms with Gasteiger partial charge in [0.2, 0.25) is 0 Å². The molecule has 2 aromatic rings. The minimum Gasteiger partial charge on any atom is -0.481 e. The molecule has 0 saturated heterocycles. The van der Waals surface area contributed by atoms with Crippen LogP contribution in [-0.4, -0.2) is 11.1 Å². The Kier molecular flexibility index (Phi) is 2.91. The highest BCUT2D eigenvalue weighted by molar-refractivity contribution is 7.17. The molecule has 0 unspecified atom stereocenters. The summed E-state index contributed by atoms with van der Waals surface area (Å²) in [4.78, 5) is 11.1. The molecule has 0 fully saturated rings. The number of rotatable bonds is 3.